The largest absolute Gasteiger partial charge is 0.298 e. The zero-order chi connectivity index (χ0) is 19.5. The third-order valence-corrected chi connectivity index (χ3v) is 4.09. The van der Waals surface area contributed by atoms with Gasteiger partial charge in [0.05, 0.1) is 0 Å². The Labute approximate surface area is 162 Å². The lowest BCUT2D eigenvalue weighted by molar-refractivity contribution is -0.104. The SMILES string of the molecule is CCCCCCCCC/C=C/C(C)=C/C=C/C=C(C)/C=C/C=C(\C)C=O. The Kier molecular flexibility index (Phi) is 16.6. The lowest BCUT2D eigenvalue weighted by atomic mass is 10.1. The van der Waals surface area contributed by atoms with Crippen molar-refractivity contribution in [1.29, 1.82) is 0 Å². The highest BCUT2D eigenvalue weighted by atomic mass is 16.1. The number of hydrogen-bond acceptors (Lipinski definition) is 1. The summed E-state index contributed by atoms with van der Waals surface area (Å²) in [5.41, 5.74) is 3.15. The van der Waals surface area contributed by atoms with Crippen LogP contribution >= 0.6 is 0 Å². The molecule has 0 bridgehead atoms. The molecule has 0 N–H and O–H groups in total. The first-order valence-corrected chi connectivity index (χ1v) is 10.1. The molecule has 1 heteroatoms. The summed E-state index contributed by atoms with van der Waals surface area (Å²) in [6.07, 6.45) is 30.1. The monoisotopic (exact) mass is 354 g/mol. The van der Waals surface area contributed by atoms with E-state index in [9.17, 15) is 4.79 Å². The van der Waals surface area contributed by atoms with Crippen LogP contribution in [0.5, 0.6) is 0 Å². The predicted molar refractivity (Wildman–Crippen MR) is 117 cm³/mol. The van der Waals surface area contributed by atoms with Crippen molar-refractivity contribution >= 4 is 6.29 Å². The van der Waals surface area contributed by atoms with Gasteiger partial charge in [-0.15, -0.1) is 0 Å². The van der Waals surface area contributed by atoms with Gasteiger partial charge in [0, 0.05) is 0 Å². The van der Waals surface area contributed by atoms with Crippen LogP contribution in [0, 0.1) is 0 Å². The second kappa shape index (κ2) is 17.9. The Balaban J connectivity index is 4.02. The molecule has 0 atom stereocenters. The Morgan fingerprint density at radius 1 is 0.654 bits per heavy atom. The number of unbranched alkanes of at least 4 members (excludes halogenated alkanes) is 7. The fraction of sp³-hybridized carbons (Fsp3) is 0.480. The third-order valence-electron chi connectivity index (χ3n) is 4.09. The summed E-state index contributed by atoms with van der Waals surface area (Å²) in [5.74, 6) is 0. The molecule has 0 aliphatic rings. The second-order valence-corrected chi connectivity index (χ2v) is 6.91. The van der Waals surface area contributed by atoms with Crippen LogP contribution in [0.4, 0.5) is 0 Å². The zero-order valence-electron chi connectivity index (χ0n) is 17.3. The number of carbonyl (C=O) groups excluding carboxylic acids is 1. The van der Waals surface area contributed by atoms with E-state index in [1.807, 2.05) is 31.2 Å². The second-order valence-electron chi connectivity index (χ2n) is 6.91. The van der Waals surface area contributed by atoms with E-state index in [0.29, 0.717) is 0 Å². The molecule has 26 heavy (non-hydrogen) atoms. The number of rotatable bonds is 14. The van der Waals surface area contributed by atoms with Crippen LogP contribution < -0.4 is 0 Å². The summed E-state index contributed by atoms with van der Waals surface area (Å²) >= 11 is 0. The van der Waals surface area contributed by atoms with Gasteiger partial charge in [0.2, 0.25) is 0 Å². The van der Waals surface area contributed by atoms with Crippen LogP contribution in [0.15, 0.2) is 71.4 Å². The molecule has 144 valence electrons. The Bertz CT molecular complexity index is 539. The molecular weight excluding hydrogens is 316 g/mol. The minimum absolute atomic E-state index is 0.728. The van der Waals surface area contributed by atoms with Gasteiger partial charge in [0.1, 0.15) is 6.29 Å². The van der Waals surface area contributed by atoms with Crippen molar-refractivity contribution in [1.82, 2.24) is 0 Å². The number of carbonyl (C=O) groups is 1. The maximum Gasteiger partial charge on any atom is 0.145 e. The van der Waals surface area contributed by atoms with Crippen LogP contribution in [-0.4, -0.2) is 6.29 Å². The van der Waals surface area contributed by atoms with E-state index in [1.54, 1.807) is 6.92 Å². The fourth-order valence-corrected chi connectivity index (χ4v) is 2.41. The smallest absolute Gasteiger partial charge is 0.145 e. The molecule has 0 aliphatic heterocycles. The van der Waals surface area contributed by atoms with Gasteiger partial charge >= 0.3 is 0 Å². The molecule has 0 fully saturated rings. The molecule has 0 spiro atoms. The maximum absolute atomic E-state index is 10.5. The molecule has 0 aliphatic carbocycles. The highest BCUT2D eigenvalue weighted by Crippen LogP contribution is 2.09. The molecule has 0 rings (SSSR count). The molecule has 0 saturated carbocycles. The van der Waals surface area contributed by atoms with Crippen LogP contribution in [0.1, 0.15) is 79.1 Å². The molecule has 0 amide bonds. The van der Waals surface area contributed by atoms with Crippen molar-refractivity contribution in [2.45, 2.75) is 79.1 Å². The molecule has 0 heterocycles. The summed E-state index contributed by atoms with van der Waals surface area (Å²) in [6.45, 7) is 8.24. The van der Waals surface area contributed by atoms with Gasteiger partial charge < -0.3 is 0 Å². The Morgan fingerprint density at radius 2 is 1.19 bits per heavy atom. The van der Waals surface area contributed by atoms with Crippen LogP contribution in [-0.2, 0) is 4.79 Å². The van der Waals surface area contributed by atoms with Crippen LogP contribution in [0.3, 0.4) is 0 Å². The van der Waals surface area contributed by atoms with Gasteiger partial charge in [-0.25, -0.2) is 0 Å². The standard InChI is InChI=1S/C25H38O/c1-5-6-7-8-9-10-11-12-13-17-23(2)18-14-15-19-24(3)20-16-21-25(4)22-26/h13-22H,5-12H2,1-4H3/b15-14+,17-13+,20-16+,23-18+,24-19+,25-21+. The molecule has 0 aromatic carbocycles. The molecule has 0 aromatic heterocycles. The number of aldehydes is 1. The maximum atomic E-state index is 10.5. The third kappa shape index (κ3) is 17.0. The first kappa shape index (κ1) is 24.1. The summed E-state index contributed by atoms with van der Waals surface area (Å²) in [7, 11) is 0. The molecule has 1 nitrogen and oxygen atoms in total. The summed E-state index contributed by atoms with van der Waals surface area (Å²) in [6, 6.07) is 0. The molecule has 0 unspecified atom stereocenters. The summed E-state index contributed by atoms with van der Waals surface area (Å²) in [4.78, 5) is 10.5. The van der Waals surface area contributed by atoms with Crippen molar-refractivity contribution in [3.63, 3.8) is 0 Å². The lowest BCUT2D eigenvalue weighted by Crippen LogP contribution is -1.79. The highest BCUT2D eigenvalue weighted by Gasteiger charge is 1.89. The first-order valence-electron chi connectivity index (χ1n) is 10.1. The molecule has 0 saturated heterocycles. The average Bonchev–Trinajstić information content (AvgIpc) is 2.63. The predicted octanol–water partition coefficient (Wildman–Crippen LogP) is 7.83. The van der Waals surface area contributed by atoms with E-state index >= 15 is 0 Å². The minimum Gasteiger partial charge on any atom is -0.298 e. The van der Waals surface area contributed by atoms with Crippen molar-refractivity contribution in [2.24, 2.45) is 0 Å². The topological polar surface area (TPSA) is 17.1 Å². The Hall–Kier alpha value is -1.89. The van der Waals surface area contributed by atoms with Gasteiger partial charge in [0.15, 0.2) is 0 Å². The zero-order valence-corrected chi connectivity index (χ0v) is 17.3. The Morgan fingerprint density at radius 3 is 1.81 bits per heavy atom. The highest BCUT2D eigenvalue weighted by molar-refractivity contribution is 5.72. The first-order chi connectivity index (χ1) is 12.6. The van der Waals surface area contributed by atoms with E-state index in [1.165, 1.54) is 56.9 Å². The van der Waals surface area contributed by atoms with Gasteiger partial charge in [-0.2, -0.15) is 0 Å². The summed E-state index contributed by atoms with van der Waals surface area (Å²) < 4.78 is 0. The van der Waals surface area contributed by atoms with Crippen molar-refractivity contribution in [3.05, 3.63) is 71.4 Å². The van der Waals surface area contributed by atoms with Crippen LogP contribution in [0.2, 0.25) is 0 Å². The van der Waals surface area contributed by atoms with E-state index < -0.39 is 0 Å². The van der Waals surface area contributed by atoms with Gasteiger partial charge in [-0.3, -0.25) is 4.79 Å². The van der Waals surface area contributed by atoms with E-state index in [2.05, 4.69) is 44.2 Å². The van der Waals surface area contributed by atoms with Gasteiger partial charge in [0.25, 0.3) is 0 Å². The van der Waals surface area contributed by atoms with E-state index in [0.717, 1.165) is 17.4 Å². The number of allylic oxidation sites excluding steroid dienone is 12. The molecule has 0 aromatic rings. The van der Waals surface area contributed by atoms with Crippen molar-refractivity contribution < 1.29 is 4.79 Å². The van der Waals surface area contributed by atoms with Crippen molar-refractivity contribution in [3.8, 4) is 0 Å². The number of hydrogen-bond donors (Lipinski definition) is 0. The van der Waals surface area contributed by atoms with Gasteiger partial charge in [-0.05, 0) is 39.2 Å². The minimum atomic E-state index is 0.728. The fourth-order valence-electron chi connectivity index (χ4n) is 2.41. The molecular formula is C25H38O. The normalized spacial score (nSPS) is 14.2. The van der Waals surface area contributed by atoms with E-state index in [-0.39, 0.29) is 0 Å². The van der Waals surface area contributed by atoms with Crippen molar-refractivity contribution in [2.75, 3.05) is 0 Å². The quantitative estimate of drug-likeness (QED) is 0.134. The summed E-state index contributed by atoms with van der Waals surface area (Å²) in [5, 5.41) is 0. The van der Waals surface area contributed by atoms with Gasteiger partial charge in [-0.1, -0.05) is 111 Å². The van der Waals surface area contributed by atoms with E-state index in [4.69, 9.17) is 0 Å². The average molecular weight is 355 g/mol. The van der Waals surface area contributed by atoms with Crippen LogP contribution in [0.25, 0.3) is 0 Å². The molecule has 0 radical (unpaired) electrons. The lowest BCUT2D eigenvalue weighted by Gasteiger charge is -1.98.